The summed E-state index contributed by atoms with van der Waals surface area (Å²) in [6.45, 7) is 4.93. The minimum Gasteiger partial charge on any atom is -0.340 e. The van der Waals surface area contributed by atoms with Crippen LogP contribution in [-0.4, -0.2) is 29.4 Å². The van der Waals surface area contributed by atoms with Crippen LogP contribution in [0.5, 0.6) is 0 Å². The van der Waals surface area contributed by atoms with Crippen molar-refractivity contribution in [3.63, 3.8) is 0 Å². The first-order chi connectivity index (χ1) is 6.11. The molecule has 1 aliphatic heterocycles. The molecule has 1 amide bonds. The first kappa shape index (κ1) is 10.5. The Morgan fingerprint density at radius 1 is 1.62 bits per heavy atom. The topological polar surface area (TPSA) is 46.3 Å². The lowest BCUT2D eigenvalue weighted by Gasteiger charge is -2.33. The average molecular weight is 184 g/mol. The molecular formula is C10H20N2O. The third-order valence-electron chi connectivity index (χ3n) is 2.62. The minimum absolute atomic E-state index is 0.0124. The zero-order chi connectivity index (χ0) is 9.84. The van der Waals surface area contributed by atoms with E-state index in [4.69, 9.17) is 5.73 Å². The lowest BCUT2D eigenvalue weighted by Crippen LogP contribution is -2.43. The Morgan fingerprint density at radius 3 is 2.85 bits per heavy atom. The molecule has 76 valence electrons. The average Bonchev–Trinajstić information content (AvgIpc) is 2.03. The van der Waals surface area contributed by atoms with Gasteiger partial charge in [0.25, 0.3) is 0 Å². The number of hydrogen-bond acceptors (Lipinski definition) is 2. The molecule has 0 aliphatic carbocycles. The summed E-state index contributed by atoms with van der Waals surface area (Å²) in [6.07, 6.45) is 4.03. The molecular weight excluding hydrogens is 164 g/mol. The van der Waals surface area contributed by atoms with Crippen LogP contribution >= 0.6 is 0 Å². The summed E-state index contributed by atoms with van der Waals surface area (Å²) >= 11 is 0. The summed E-state index contributed by atoms with van der Waals surface area (Å²) in [5.74, 6) is 0.224. The van der Waals surface area contributed by atoms with Crippen LogP contribution in [0.3, 0.4) is 0 Å². The van der Waals surface area contributed by atoms with Crippen LogP contribution in [-0.2, 0) is 4.79 Å². The summed E-state index contributed by atoms with van der Waals surface area (Å²) < 4.78 is 0. The van der Waals surface area contributed by atoms with E-state index in [1.54, 1.807) is 0 Å². The predicted octanol–water partition coefficient (Wildman–Crippen LogP) is 1.12. The second-order valence-corrected chi connectivity index (χ2v) is 4.11. The highest BCUT2D eigenvalue weighted by molar-refractivity contribution is 5.77. The fourth-order valence-corrected chi connectivity index (χ4v) is 1.86. The van der Waals surface area contributed by atoms with Crippen molar-refractivity contribution < 1.29 is 4.79 Å². The molecule has 1 fully saturated rings. The number of carbonyl (C=O) groups is 1. The number of nitrogens with two attached hydrogens (primary N) is 1. The first-order valence-electron chi connectivity index (χ1n) is 5.16. The summed E-state index contributed by atoms with van der Waals surface area (Å²) in [7, 11) is 0. The molecule has 2 N–H and O–H groups in total. The van der Waals surface area contributed by atoms with Gasteiger partial charge in [0.2, 0.25) is 5.91 Å². The fraction of sp³-hybridized carbons (Fsp3) is 0.900. The number of hydrogen-bond donors (Lipinski definition) is 1. The third kappa shape index (κ3) is 2.99. The quantitative estimate of drug-likeness (QED) is 0.699. The summed E-state index contributed by atoms with van der Waals surface area (Å²) in [4.78, 5) is 13.6. The smallest absolute Gasteiger partial charge is 0.224 e. The zero-order valence-electron chi connectivity index (χ0n) is 8.62. The molecule has 0 radical (unpaired) electrons. The molecule has 1 saturated heterocycles. The molecule has 1 aliphatic rings. The summed E-state index contributed by atoms with van der Waals surface area (Å²) in [5, 5.41) is 0. The van der Waals surface area contributed by atoms with E-state index in [0.29, 0.717) is 12.5 Å². The molecule has 3 nitrogen and oxygen atoms in total. The maximum absolute atomic E-state index is 11.7. The van der Waals surface area contributed by atoms with Crippen molar-refractivity contribution in [2.45, 2.75) is 51.6 Å². The van der Waals surface area contributed by atoms with E-state index in [-0.39, 0.29) is 11.9 Å². The molecule has 0 aromatic heterocycles. The van der Waals surface area contributed by atoms with E-state index in [2.05, 4.69) is 6.92 Å². The number of likely N-dealkylation sites (tertiary alicyclic amines) is 1. The lowest BCUT2D eigenvalue weighted by atomic mass is 10.0. The molecule has 1 heterocycles. The second kappa shape index (κ2) is 4.61. The van der Waals surface area contributed by atoms with Crippen molar-refractivity contribution in [3.05, 3.63) is 0 Å². The van der Waals surface area contributed by atoms with Crippen molar-refractivity contribution in [2.75, 3.05) is 6.54 Å². The fourth-order valence-electron chi connectivity index (χ4n) is 1.86. The largest absolute Gasteiger partial charge is 0.340 e. The number of piperidine rings is 1. The van der Waals surface area contributed by atoms with Gasteiger partial charge in [-0.05, 0) is 33.1 Å². The second-order valence-electron chi connectivity index (χ2n) is 4.11. The minimum atomic E-state index is -0.0124. The highest BCUT2D eigenvalue weighted by atomic mass is 16.2. The molecule has 0 bridgehead atoms. The van der Waals surface area contributed by atoms with Gasteiger partial charge in [-0.3, -0.25) is 4.79 Å². The van der Waals surface area contributed by atoms with E-state index in [0.717, 1.165) is 19.4 Å². The van der Waals surface area contributed by atoms with E-state index in [1.165, 1.54) is 6.42 Å². The van der Waals surface area contributed by atoms with E-state index in [9.17, 15) is 4.79 Å². The van der Waals surface area contributed by atoms with Crippen molar-refractivity contribution in [1.82, 2.24) is 4.90 Å². The Bertz CT molecular complexity index is 180. The van der Waals surface area contributed by atoms with Crippen LogP contribution in [0.4, 0.5) is 0 Å². The van der Waals surface area contributed by atoms with Crippen LogP contribution in [0.25, 0.3) is 0 Å². The molecule has 0 spiro atoms. The van der Waals surface area contributed by atoms with E-state index >= 15 is 0 Å². The van der Waals surface area contributed by atoms with Crippen LogP contribution in [0.1, 0.15) is 39.5 Å². The van der Waals surface area contributed by atoms with Gasteiger partial charge in [0.15, 0.2) is 0 Å². The van der Waals surface area contributed by atoms with Crippen molar-refractivity contribution in [3.8, 4) is 0 Å². The Morgan fingerprint density at radius 2 is 2.31 bits per heavy atom. The van der Waals surface area contributed by atoms with Gasteiger partial charge < -0.3 is 10.6 Å². The standard InChI is InChI=1S/C10H20N2O/c1-8(11)7-10(13)12-6-4-3-5-9(12)2/h8-9H,3-7,11H2,1-2H3. The monoisotopic (exact) mass is 184 g/mol. The maximum atomic E-state index is 11.7. The van der Waals surface area contributed by atoms with Crippen molar-refractivity contribution in [1.29, 1.82) is 0 Å². The number of amides is 1. The molecule has 0 aromatic carbocycles. The number of rotatable bonds is 2. The predicted molar refractivity (Wildman–Crippen MR) is 53.3 cm³/mol. The van der Waals surface area contributed by atoms with Crippen LogP contribution < -0.4 is 5.73 Å². The molecule has 13 heavy (non-hydrogen) atoms. The van der Waals surface area contributed by atoms with Crippen LogP contribution in [0, 0.1) is 0 Å². The molecule has 0 aromatic rings. The number of nitrogens with zero attached hydrogens (tertiary/aromatic N) is 1. The van der Waals surface area contributed by atoms with Crippen molar-refractivity contribution >= 4 is 5.91 Å². The SMILES string of the molecule is CC(N)CC(=O)N1CCCCC1C. The molecule has 0 saturated carbocycles. The lowest BCUT2D eigenvalue weighted by molar-refractivity contribution is -0.134. The van der Waals surface area contributed by atoms with E-state index < -0.39 is 0 Å². The van der Waals surface area contributed by atoms with Gasteiger partial charge >= 0.3 is 0 Å². The van der Waals surface area contributed by atoms with Gasteiger partial charge in [-0.2, -0.15) is 0 Å². The van der Waals surface area contributed by atoms with Crippen LogP contribution in [0.15, 0.2) is 0 Å². The molecule has 3 heteroatoms. The van der Waals surface area contributed by atoms with Gasteiger partial charge in [0, 0.05) is 25.0 Å². The molecule has 2 unspecified atom stereocenters. The molecule has 1 rings (SSSR count). The first-order valence-corrected chi connectivity index (χ1v) is 5.16. The normalized spacial score (nSPS) is 25.8. The maximum Gasteiger partial charge on any atom is 0.224 e. The Labute approximate surface area is 80.3 Å². The van der Waals surface area contributed by atoms with Crippen molar-refractivity contribution in [2.24, 2.45) is 5.73 Å². The Kier molecular flexibility index (Phi) is 3.72. The third-order valence-corrected chi connectivity index (χ3v) is 2.62. The van der Waals surface area contributed by atoms with E-state index in [1.807, 2.05) is 11.8 Å². The van der Waals surface area contributed by atoms with Gasteiger partial charge in [0.1, 0.15) is 0 Å². The highest BCUT2D eigenvalue weighted by Gasteiger charge is 2.23. The zero-order valence-corrected chi connectivity index (χ0v) is 8.62. The summed E-state index contributed by atoms with van der Waals surface area (Å²) in [6, 6.07) is 0.404. The van der Waals surface area contributed by atoms with Gasteiger partial charge in [-0.25, -0.2) is 0 Å². The Hall–Kier alpha value is -0.570. The Balaban J connectivity index is 2.44. The highest BCUT2D eigenvalue weighted by Crippen LogP contribution is 2.17. The summed E-state index contributed by atoms with van der Waals surface area (Å²) in [5.41, 5.74) is 5.60. The van der Waals surface area contributed by atoms with Gasteiger partial charge in [-0.1, -0.05) is 0 Å². The van der Waals surface area contributed by atoms with Gasteiger partial charge in [-0.15, -0.1) is 0 Å². The van der Waals surface area contributed by atoms with Gasteiger partial charge in [0.05, 0.1) is 0 Å². The number of carbonyl (C=O) groups excluding carboxylic acids is 1. The molecule has 2 atom stereocenters. The van der Waals surface area contributed by atoms with Crippen LogP contribution in [0.2, 0.25) is 0 Å².